The van der Waals surface area contributed by atoms with Crippen molar-refractivity contribution in [3.05, 3.63) is 29.8 Å². The summed E-state index contributed by atoms with van der Waals surface area (Å²) >= 11 is 0. The van der Waals surface area contributed by atoms with Gasteiger partial charge in [0.15, 0.2) is 0 Å². The van der Waals surface area contributed by atoms with Gasteiger partial charge in [-0.3, -0.25) is 0 Å². The number of hydrogen-bond acceptors (Lipinski definition) is 1. The molecule has 0 saturated heterocycles. The monoisotopic (exact) mass is 1290 g/mol. The van der Waals surface area contributed by atoms with Crippen LogP contribution in [0.1, 0.15) is 446 Å². The molecule has 9 aliphatic rings. The van der Waals surface area contributed by atoms with E-state index < -0.39 is 0 Å². The number of ether oxygens (including phenoxy) is 1. The molecule has 542 valence electrons. The molecule has 9 fully saturated rings. The highest BCUT2D eigenvalue weighted by atomic mass is 16.5. The van der Waals surface area contributed by atoms with E-state index in [2.05, 4.69) is 86.6 Å². The topological polar surface area (TPSA) is 9.23 Å². The normalized spacial score (nSPS) is 34.2. The van der Waals surface area contributed by atoms with Gasteiger partial charge in [-0.2, -0.15) is 0 Å². The SMILES string of the molecule is CCCC1CCC(c2ccc(OC)cc2)CC1.CCCCC1CCC(C2CCC(CC)CC2)CC1.CCCCC1CCC(C2CCC(CCC)CC2)CC1.CCCCCC1CCC(C2CCC(CC)CC2)CC1.CCCCCC1CCC(C2CCC(CCC)CC2)CC1. The fourth-order valence-electron chi connectivity index (χ4n) is 22.1. The Bertz CT molecular complexity index is 1810. The van der Waals surface area contributed by atoms with Crippen LogP contribution in [0, 0.1) is 101 Å². The maximum atomic E-state index is 5.21. The van der Waals surface area contributed by atoms with E-state index in [1.165, 1.54) is 198 Å². The van der Waals surface area contributed by atoms with Crippen molar-refractivity contribution in [2.24, 2.45) is 101 Å². The van der Waals surface area contributed by atoms with Gasteiger partial charge in [-0.25, -0.2) is 0 Å². The fourth-order valence-corrected chi connectivity index (χ4v) is 22.1. The quantitative estimate of drug-likeness (QED) is 0.0760. The molecule has 0 spiro atoms. The van der Waals surface area contributed by atoms with Gasteiger partial charge in [0, 0.05) is 0 Å². The van der Waals surface area contributed by atoms with Gasteiger partial charge < -0.3 is 4.74 Å². The van der Waals surface area contributed by atoms with Crippen molar-refractivity contribution in [3.63, 3.8) is 0 Å². The first-order valence-electron chi connectivity index (χ1n) is 44.3. The van der Waals surface area contributed by atoms with E-state index >= 15 is 0 Å². The zero-order chi connectivity index (χ0) is 66.1. The first-order chi connectivity index (χ1) is 45.7. The van der Waals surface area contributed by atoms with Gasteiger partial charge in [0.05, 0.1) is 7.11 Å². The predicted octanol–water partition coefficient (Wildman–Crippen LogP) is 31.1. The summed E-state index contributed by atoms with van der Waals surface area (Å²) in [7, 11) is 1.73. The molecule has 0 bridgehead atoms. The Morgan fingerprint density at radius 3 is 0.656 bits per heavy atom. The summed E-state index contributed by atoms with van der Waals surface area (Å²) in [6, 6.07) is 8.66. The van der Waals surface area contributed by atoms with Crippen molar-refractivity contribution in [3.8, 4) is 5.75 Å². The molecule has 0 amide bonds. The Morgan fingerprint density at radius 1 is 0.226 bits per heavy atom. The average molecular weight is 1290 g/mol. The van der Waals surface area contributed by atoms with Crippen LogP contribution in [0.3, 0.4) is 0 Å². The van der Waals surface area contributed by atoms with E-state index in [4.69, 9.17) is 4.74 Å². The minimum absolute atomic E-state index is 0.786. The molecule has 9 aliphatic carbocycles. The molecule has 10 rings (SSSR count). The highest BCUT2D eigenvalue weighted by Crippen LogP contribution is 2.48. The molecule has 1 aromatic rings. The molecule has 1 heteroatoms. The summed E-state index contributed by atoms with van der Waals surface area (Å²) in [4.78, 5) is 0. The Balaban J connectivity index is 0.000000185. The molecule has 93 heavy (non-hydrogen) atoms. The van der Waals surface area contributed by atoms with Crippen LogP contribution < -0.4 is 4.74 Å². The minimum atomic E-state index is 0.786. The van der Waals surface area contributed by atoms with Crippen LogP contribution in [0.2, 0.25) is 0 Å². The van der Waals surface area contributed by atoms with Gasteiger partial charge in [0.1, 0.15) is 5.75 Å². The standard InChI is InChI=1S/C20H38.2C19H36.C18H34.C16H24O/c1-3-5-6-8-18-11-15-20(16-12-18)19-13-9-17(7-4-2)10-14-19;1-3-5-6-7-17-10-14-19(15-11-17)18-12-8-16(4-2)9-13-18;1-3-5-7-17-10-14-19(15-11-17)18-12-8-16(6-4-2)9-13-18;1-3-5-6-16-9-13-18(14-10-16)17-11-7-15(4-2)8-12-17;1-3-4-13-5-7-14(8-6-13)15-9-11-16(17-2)12-10-15/h17-20H,3-16H2,1-2H3;2*16-19H,3-15H2,1-2H3;15-18H,3-14H2,1-2H3;9-14H,3-8H2,1-2H3. The zero-order valence-corrected chi connectivity index (χ0v) is 65.1. The van der Waals surface area contributed by atoms with Crippen LogP contribution >= 0.6 is 0 Å². The zero-order valence-electron chi connectivity index (χ0n) is 65.1. The Labute approximate surface area is 585 Å². The number of unbranched alkanes of at least 4 members (excludes halogenated alkanes) is 6. The van der Waals surface area contributed by atoms with Crippen molar-refractivity contribution < 1.29 is 4.74 Å². The molecule has 0 heterocycles. The van der Waals surface area contributed by atoms with Crippen molar-refractivity contribution in [2.75, 3.05) is 7.11 Å². The second kappa shape index (κ2) is 49.5. The molecule has 0 atom stereocenters. The lowest BCUT2D eigenvalue weighted by molar-refractivity contribution is 0.140. The van der Waals surface area contributed by atoms with E-state index in [1.54, 1.807) is 187 Å². The first-order valence-corrected chi connectivity index (χ1v) is 44.3. The van der Waals surface area contributed by atoms with Gasteiger partial charge in [-0.05, 0) is 253 Å². The average Bonchev–Trinajstić information content (AvgIpc) is 2.66. The summed E-state index contributed by atoms with van der Waals surface area (Å²) in [6.45, 7) is 21.1. The number of rotatable bonds is 28. The van der Waals surface area contributed by atoms with Gasteiger partial charge >= 0.3 is 0 Å². The van der Waals surface area contributed by atoms with E-state index in [0.29, 0.717) is 0 Å². The lowest BCUT2D eigenvalue weighted by atomic mass is 9.68. The van der Waals surface area contributed by atoms with Crippen LogP contribution in [0.5, 0.6) is 5.75 Å². The molecular formula is C92H168O. The number of hydrogen-bond donors (Lipinski definition) is 0. The lowest BCUT2D eigenvalue weighted by Gasteiger charge is -2.38. The molecule has 0 unspecified atom stereocenters. The van der Waals surface area contributed by atoms with E-state index in [0.717, 1.165) is 112 Å². The van der Waals surface area contributed by atoms with E-state index in [9.17, 15) is 0 Å². The molecule has 0 N–H and O–H groups in total. The minimum Gasteiger partial charge on any atom is -0.497 e. The summed E-state index contributed by atoms with van der Waals surface area (Å²) in [5.74, 6) is 20.3. The Morgan fingerprint density at radius 2 is 0.441 bits per heavy atom. The number of benzene rings is 1. The lowest BCUT2D eigenvalue weighted by Crippen LogP contribution is -2.25. The predicted molar refractivity (Wildman–Crippen MR) is 414 cm³/mol. The largest absolute Gasteiger partial charge is 0.497 e. The first kappa shape index (κ1) is 81.0. The summed E-state index contributed by atoms with van der Waals surface area (Å²) < 4.78 is 5.21. The van der Waals surface area contributed by atoms with Gasteiger partial charge in [0.25, 0.3) is 0 Å². The third-order valence-electron chi connectivity index (χ3n) is 28.8. The second-order valence-electron chi connectivity index (χ2n) is 35.2. The molecule has 1 nitrogen and oxygen atoms in total. The van der Waals surface area contributed by atoms with Crippen LogP contribution in [0.25, 0.3) is 0 Å². The Kier molecular flexibility index (Phi) is 43.1. The highest BCUT2D eigenvalue weighted by molar-refractivity contribution is 5.29. The summed E-state index contributed by atoms with van der Waals surface area (Å²) in [6.07, 6.45) is 87.3. The fraction of sp³-hybridized carbons (Fsp3) is 0.935. The van der Waals surface area contributed by atoms with Crippen LogP contribution in [-0.4, -0.2) is 7.11 Å². The Hall–Kier alpha value is -0.980. The van der Waals surface area contributed by atoms with Crippen LogP contribution in [0.4, 0.5) is 0 Å². The van der Waals surface area contributed by atoms with E-state index in [-0.39, 0.29) is 0 Å². The third-order valence-corrected chi connectivity index (χ3v) is 28.8. The van der Waals surface area contributed by atoms with Crippen molar-refractivity contribution in [1.82, 2.24) is 0 Å². The van der Waals surface area contributed by atoms with Crippen LogP contribution in [-0.2, 0) is 0 Å². The summed E-state index contributed by atoms with van der Waals surface area (Å²) in [5, 5.41) is 0. The smallest absolute Gasteiger partial charge is 0.118 e. The van der Waals surface area contributed by atoms with Gasteiger partial charge in [0.2, 0.25) is 0 Å². The molecule has 0 aromatic heterocycles. The molecule has 1 aromatic carbocycles. The van der Waals surface area contributed by atoms with E-state index in [1.807, 2.05) is 0 Å². The molecule has 0 radical (unpaired) electrons. The third kappa shape index (κ3) is 31.2. The summed E-state index contributed by atoms with van der Waals surface area (Å²) in [5.41, 5.74) is 1.50. The second-order valence-corrected chi connectivity index (χ2v) is 35.2. The maximum Gasteiger partial charge on any atom is 0.118 e. The maximum absolute atomic E-state index is 5.21. The molecular weight excluding hydrogens is 1120 g/mol. The number of methoxy groups -OCH3 is 1. The molecule has 9 saturated carbocycles. The highest BCUT2D eigenvalue weighted by Gasteiger charge is 2.35. The molecule has 0 aliphatic heterocycles. The van der Waals surface area contributed by atoms with Crippen molar-refractivity contribution in [2.45, 2.75) is 441 Å². The van der Waals surface area contributed by atoms with Crippen LogP contribution in [0.15, 0.2) is 24.3 Å². The van der Waals surface area contributed by atoms with Crippen molar-refractivity contribution >= 4 is 0 Å². The van der Waals surface area contributed by atoms with Crippen molar-refractivity contribution in [1.29, 1.82) is 0 Å². The van der Waals surface area contributed by atoms with Gasteiger partial charge in [-0.1, -0.05) is 318 Å². The van der Waals surface area contributed by atoms with Gasteiger partial charge in [-0.15, -0.1) is 0 Å².